The van der Waals surface area contributed by atoms with E-state index in [2.05, 4.69) is 24.5 Å². The number of hydrogen-bond acceptors (Lipinski definition) is 6. The van der Waals surface area contributed by atoms with Gasteiger partial charge in [-0.05, 0) is 0 Å². The van der Waals surface area contributed by atoms with E-state index in [0.29, 0.717) is 5.69 Å². The van der Waals surface area contributed by atoms with E-state index in [4.69, 9.17) is 0 Å². The van der Waals surface area contributed by atoms with E-state index in [0.717, 1.165) is 0 Å². The Labute approximate surface area is 121 Å². The first kappa shape index (κ1) is 15.2. The van der Waals surface area contributed by atoms with Crippen molar-refractivity contribution in [3.05, 3.63) is 30.6 Å². The van der Waals surface area contributed by atoms with Crippen molar-refractivity contribution in [1.29, 1.82) is 0 Å². The number of esters is 1. The number of aromatic nitrogens is 4. The fourth-order valence-electron chi connectivity index (χ4n) is 1.72. The van der Waals surface area contributed by atoms with Crippen molar-refractivity contribution >= 4 is 16.0 Å². The van der Waals surface area contributed by atoms with E-state index >= 15 is 0 Å². The number of carbonyl (C=O) groups is 1. The summed E-state index contributed by atoms with van der Waals surface area (Å²) in [5.41, 5.74) is 0.610. The molecular weight excluding hydrogens is 298 g/mol. The highest BCUT2D eigenvalue weighted by Crippen LogP contribution is 2.09. The van der Waals surface area contributed by atoms with Gasteiger partial charge in [0.2, 0.25) is 10.0 Å². The zero-order valence-electron chi connectivity index (χ0n) is 11.5. The largest absolute Gasteiger partial charge is 0.468 e. The van der Waals surface area contributed by atoms with Crippen molar-refractivity contribution in [3.63, 3.8) is 0 Å². The number of carbonyl (C=O) groups excluding carboxylic acids is 1. The Morgan fingerprint density at radius 3 is 2.81 bits per heavy atom. The smallest absolute Gasteiger partial charge is 0.324 e. The van der Waals surface area contributed by atoms with E-state index in [1.807, 2.05) is 0 Å². The molecule has 0 aliphatic heterocycles. The zero-order chi connectivity index (χ0) is 15.5. The molecular formula is C11H15N5O4S. The molecule has 0 unspecified atom stereocenters. The Balaban J connectivity index is 2.20. The molecule has 2 N–H and O–H groups in total. The predicted octanol–water partition coefficient (Wildman–Crippen LogP) is -0.794. The van der Waals surface area contributed by atoms with Crippen molar-refractivity contribution in [1.82, 2.24) is 24.5 Å². The van der Waals surface area contributed by atoms with Gasteiger partial charge in [0.05, 0.1) is 19.6 Å². The summed E-state index contributed by atoms with van der Waals surface area (Å²) in [5.74, 6) is -0.683. The Morgan fingerprint density at radius 1 is 1.52 bits per heavy atom. The molecule has 0 bridgehead atoms. The Bertz CT molecular complexity index is 707. The standard InChI is InChI=1S/C11H15N5O4S/c1-16-6-9(5-14-16)21(18,19)15-10(11(17)20-2)3-8-4-12-7-13-8/h4-7,10,15H,3H2,1-2H3,(H,12,13)/t10-/m0/s1. The molecule has 0 saturated heterocycles. The van der Waals surface area contributed by atoms with Gasteiger partial charge in [-0.2, -0.15) is 9.82 Å². The van der Waals surface area contributed by atoms with Crippen LogP contribution in [0.1, 0.15) is 5.69 Å². The van der Waals surface area contributed by atoms with Crippen molar-refractivity contribution in [2.45, 2.75) is 17.4 Å². The highest BCUT2D eigenvalue weighted by Gasteiger charge is 2.27. The number of nitrogens with zero attached hydrogens (tertiary/aromatic N) is 3. The number of aryl methyl sites for hydroxylation is 1. The van der Waals surface area contributed by atoms with Gasteiger partial charge in [0.25, 0.3) is 0 Å². The molecule has 10 heteroatoms. The van der Waals surface area contributed by atoms with Crippen LogP contribution in [0.4, 0.5) is 0 Å². The van der Waals surface area contributed by atoms with E-state index in [1.165, 1.54) is 36.7 Å². The summed E-state index contributed by atoms with van der Waals surface area (Å²) in [6.07, 6.45) is 5.60. The zero-order valence-corrected chi connectivity index (χ0v) is 12.3. The van der Waals surface area contributed by atoms with Crippen LogP contribution in [0.2, 0.25) is 0 Å². The fraction of sp³-hybridized carbons (Fsp3) is 0.364. The summed E-state index contributed by atoms with van der Waals surface area (Å²) in [5, 5.41) is 3.80. The molecule has 0 aromatic carbocycles. The molecule has 0 radical (unpaired) electrons. The predicted molar refractivity (Wildman–Crippen MR) is 71.6 cm³/mol. The highest BCUT2D eigenvalue weighted by molar-refractivity contribution is 7.89. The number of imidazole rings is 1. The van der Waals surface area contributed by atoms with Crippen LogP contribution in [0.15, 0.2) is 29.8 Å². The number of methoxy groups -OCH3 is 1. The maximum atomic E-state index is 12.2. The topological polar surface area (TPSA) is 119 Å². The molecule has 1 atom stereocenters. The lowest BCUT2D eigenvalue weighted by Crippen LogP contribution is -2.43. The Kier molecular flexibility index (Phi) is 4.38. The number of hydrogen-bond donors (Lipinski definition) is 2. The van der Waals surface area contributed by atoms with Crippen LogP contribution in [0, 0.1) is 0 Å². The minimum atomic E-state index is -3.87. The number of rotatable bonds is 6. The molecule has 21 heavy (non-hydrogen) atoms. The Hall–Kier alpha value is -2.20. The SMILES string of the molecule is COC(=O)[C@H](Cc1cnc[nH]1)NS(=O)(=O)c1cnn(C)c1. The third kappa shape index (κ3) is 3.67. The van der Waals surface area contributed by atoms with E-state index in [-0.39, 0.29) is 11.3 Å². The van der Waals surface area contributed by atoms with Gasteiger partial charge in [-0.25, -0.2) is 13.4 Å². The van der Waals surface area contributed by atoms with Crippen molar-refractivity contribution in [3.8, 4) is 0 Å². The average Bonchev–Trinajstić information content (AvgIpc) is 3.08. The molecule has 9 nitrogen and oxygen atoms in total. The number of aromatic amines is 1. The number of sulfonamides is 1. The van der Waals surface area contributed by atoms with Crippen LogP contribution in [0.3, 0.4) is 0 Å². The number of H-pyrrole nitrogens is 1. The summed E-state index contributed by atoms with van der Waals surface area (Å²) in [4.78, 5) is 18.3. The van der Waals surface area contributed by atoms with Gasteiger partial charge in [-0.15, -0.1) is 0 Å². The van der Waals surface area contributed by atoms with Gasteiger partial charge in [0.15, 0.2) is 0 Å². The third-order valence-corrected chi connectivity index (χ3v) is 4.18. The maximum Gasteiger partial charge on any atom is 0.324 e. The summed E-state index contributed by atoms with van der Waals surface area (Å²) in [6, 6.07) is -1.05. The summed E-state index contributed by atoms with van der Waals surface area (Å²) in [6.45, 7) is 0. The van der Waals surface area contributed by atoms with Crippen molar-refractivity contribution in [2.24, 2.45) is 7.05 Å². The summed E-state index contributed by atoms with van der Waals surface area (Å²) >= 11 is 0. The fourth-order valence-corrected chi connectivity index (χ4v) is 2.89. The van der Waals surface area contributed by atoms with E-state index < -0.39 is 22.0 Å². The second-order valence-corrected chi connectivity index (χ2v) is 6.04. The monoisotopic (exact) mass is 313 g/mol. The molecule has 2 heterocycles. The van der Waals surface area contributed by atoms with Crippen LogP contribution in [0.25, 0.3) is 0 Å². The van der Waals surface area contributed by atoms with Crippen molar-refractivity contribution < 1.29 is 17.9 Å². The van der Waals surface area contributed by atoms with Crippen LogP contribution < -0.4 is 4.72 Å². The van der Waals surface area contributed by atoms with Gasteiger partial charge in [0.1, 0.15) is 10.9 Å². The van der Waals surface area contributed by atoms with E-state index in [9.17, 15) is 13.2 Å². The number of ether oxygens (including phenoxy) is 1. The van der Waals surface area contributed by atoms with Crippen molar-refractivity contribution in [2.75, 3.05) is 7.11 Å². The summed E-state index contributed by atoms with van der Waals surface area (Å²) < 4.78 is 32.7. The quantitative estimate of drug-likeness (QED) is 0.674. The maximum absolute atomic E-state index is 12.2. The normalized spacial score (nSPS) is 13.0. The lowest BCUT2D eigenvalue weighted by Gasteiger charge is -2.15. The lowest BCUT2D eigenvalue weighted by atomic mass is 10.2. The molecule has 0 spiro atoms. The second-order valence-electron chi connectivity index (χ2n) is 4.33. The first-order chi connectivity index (χ1) is 9.92. The summed E-state index contributed by atoms with van der Waals surface area (Å²) in [7, 11) is -1.07. The molecule has 0 amide bonds. The molecule has 2 rings (SSSR count). The second kappa shape index (κ2) is 6.06. The molecule has 114 valence electrons. The lowest BCUT2D eigenvalue weighted by molar-refractivity contribution is -0.142. The van der Waals surface area contributed by atoms with Gasteiger partial charge < -0.3 is 9.72 Å². The Morgan fingerprint density at radius 2 is 2.29 bits per heavy atom. The average molecular weight is 313 g/mol. The minimum absolute atomic E-state index is 0.0245. The van der Waals surface area contributed by atoms with Crippen LogP contribution in [0.5, 0.6) is 0 Å². The number of nitrogens with one attached hydrogen (secondary N) is 2. The molecule has 0 aliphatic carbocycles. The van der Waals surface area contributed by atoms with Crippen LogP contribution in [-0.4, -0.2) is 47.3 Å². The van der Waals surface area contributed by atoms with Crippen LogP contribution in [-0.2, 0) is 33.0 Å². The van der Waals surface area contributed by atoms with E-state index in [1.54, 1.807) is 7.05 Å². The molecule has 0 saturated carbocycles. The van der Waals surface area contributed by atoms with Gasteiger partial charge in [-0.1, -0.05) is 0 Å². The molecule has 0 fully saturated rings. The first-order valence-corrected chi connectivity index (χ1v) is 7.47. The molecule has 0 aliphatic rings. The van der Waals surface area contributed by atoms with Gasteiger partial charge >= 0.3 is 5.97 Å². The third-order valence-electron chi connectivity index (χ3n) is 2.75. The minimum Gasteiger partial charge on any atom is -0.468 e. The van der Waals surface area contributed by atoms with Gasteiger partial charge in [0, 0.05) is 31.6 Å². The molecule has 2 aromatic heterocycles. The van der Waals surface area contributed by atoms with Crippen LogP contribution >= 0.6 is 0 Å². The molecule has 2 aromatic rings. The first-order valence-electron chi connectivity index (χ1n) is 5.98. The van der Waals surface area contributed by atoms with Gasteiger partial charge in [-0.3, -0.25) is 9.48 Å². The highest BCUT2D eigenvalue weighted by atomic mass is 32.2.